The Hall–Kier alpha value is -3.02. The molecule has 1 N–H and O–H groups in total. The van der Waals surface area contributed by atoms with E-state index in [0.717, 1.165) is 4.90 Å². The molecule has 0 aromatic heterocycles. The highest BCUT2D eigenvalue weighted by Gasteiger charge is 2.42. The average Bonchev–Trinajstić information content (AvgIpc) is 2.79. The molecule has 6 heteroatoms. The third-order valence-corrected chi connectivity index (χ3v) is 3.85. The largest absolute Gasteiger partial charge is 0.480 e. The van der Waals surface area contributed by atoms with Gasteiger partial charge in [-0.05, 0) is 36.2 Å². The summed E-state index contributed by atoms with van der Waals surface area (Å²) in [6.07, 6.45) is 0. The first-order chi connectivity index (χ1) is 10.9. The normalized spacial score (nSPS) is 14.8. The van der Waals surface area contributed by atoms with Crippen molar-refractivity contribution in [3.8, 4) is 11.1 Å². The van der Waals surface area contributed by atoms with E-state index >= 15 is 0 Å². The van der Waals surface area contributed by atoms with Gasteiger partial charge in [-0.1, -0.05) is 24.3 Å². The molecule has 3 rings (SSSR count). The van der Waals surface area contributed by atoms with Gasteiger partial charge in [-0.15, -0.1) is 0 Å². The Morgan fingerprint density at radius 3 is 2.26 bits per heavy atom. The molecule has 1 aliphatic heterocycles. The molecule has 1 unspecified atom stereocenters. The first-order valence-corrected chi connectivity index (χ1v) is 6.91. The molecule has 0 saturated carbocycles. The van der Waals surface area contributed by atoms with Crippen LogP contribution in [-0.4, -0.2) is 33.8 Å². The van der Waals surface area contributed by atoms with Crippen molar-refractivity contribution in [3.05, 3.63) is 59.4 Å². The van der Waals surface area contributed by atoms with Crippen LogP contribution >= 0.6 is 0 Å². The predicted molar refractivity (Wildman–Crippen MR) is 79.4 cm³/mol. The summed E-state index contributed by atoms with van der Waals surface area (Å²) < 4.78 is 13.1. The van der Waals surface area contributed by atoms with Crippen LogP contribution in [0.1, 0.15) is 27.6 Å². The number of carbonyl (C=O) groups is 3. The van der Waals surface area contributed by atoms with Crippen LogP contribution in [-0.2, 0) is 4.79 Å². The van der Waals surface area contributed by atoms with Crippen LogP contribution in [0.15, 0.2) is 42.5 Å². The van der Waals surface area contributed by atoms with Gasteiger partial charge >= 0.3 is 5.97 Å². The molecule has 0 radical (unpaired) electrons. The van der Waals surface area contributed by atoms with Crippen molar-refractivity contribution in [3.63, 3.8) is 0 Å². The molecule has 5 nitrogen and oxygen atoms in total. The van der Waals surface area contributed by atoms with Crippen LogP contribution in [0.3, 0.4) is 0 Å². The molecule has 1 heterocycles. The number of carboxylic acids is 1. The van der Waals surface area contributed by atoms with Crippen molar-refractivity contribution in [1.29, 1.82) is 0 Å². The number of benzene rings is 2. The first-order valence-electron chi connectivity index (χ1n) is 6.91. The molecular formula is C17H12FNO4. The summed E-state index contributed by atoms with van der Waals surface area (Å²) in [5.74, 6) is -2.96. The van der Waals surface area contributed by atoms with Gasteiger partial charge in [0, 0.05) is 0 Å². The van der Waals surface area contributed by atoms with Crippen LogP contribution in [0.25, 0.3) is 11.1 Å². The van der Waals surface area contributed by atoms with E-state index in [-0.39, 0.29) is 11.1 Å². The Bertz CT molecular complexity index is 829. The van der Waals surface area contributed by atoms with Crippen molar-refractivity contribution in [2.45, 2.75) is 13.0 Å². The molecular weight excluding hydrogens is 301 g/mol. The van der Waals surface area contributed by atoms with Crippen molar-refractivity contribution in [2.24, 2.45) is 0 Å². The summed E-state index contributed by atoms with van der Waals surface area (Å²) in [5, 5.41) is 9.09. The van der Waals surface area contributed by atoms with E-state index in [9.17, 15) is 18.8 Å². The fraction of sp³-hybridized carbons (Fsp3) is 0.118. The maximum absolute atomic E-state index is 13.1. The second-order valence-corrected chi connectivity index (χ2v) is 5.23. The Morgan fingerprint density at radius 1 is 1.04 bits per heavy atom. The van der Waals surface area contributed by atoms with E-state index in [2.05, 4.69) is 0 Å². The van der Waals surface area contributed by atoms with Crippen molar-refractivity contribution in [2.75, 3.05) is 0 Å². The van der Waals surface area contributed by atoms with Gasteiger partial charge in [0.25, 0.3) is 11.8 Å². The van der Waals surface area contributed by atoms with Crippen LogP contribution < -0.4 is 0 Å². The Labute approximate surface area is 131 Å². The van der Waals surface area contributed by atoms with E-state index in [1.165, 1.54) is 37.3 Å². The summed E-state index contributed by atoms with van der Waals surface area (Å²) in [4.78, 5) is 36.8. The van der Waals surface area contributed by atoms with Crippen LogP contribution in [0.2, 0.25) is 0 Å². The Morgan fingerprint density at radius 2 is 1.65 bits per heavy atom. The van der Waals surface area contributed by atoms with Gasteiger partial charge in [-0.25, -0.2) is 9.18 Å². The number of carboxylic acid groups (broad SMARTS) is 1. The molecule has 1 atom stereocenters. The van der Waals surface area contributed by atoms with Gasteiger partial charge in [0.05, 0.1) is 11.1 Å². The van der Waals surface area contributed by atoms with Gasteiger partial charge in [0.15, 0.2) is 0 Å². The molecule has 0 spiro atoms. The molecule has 0 saturated heterocycles. The minimum atomic E-state index is -1.26. The molecule has 0 aliphatic carbocycles. The van der Waals surface area contributed by atoms with Gasteiger partial charge in [0.2, 0.25) is 0 Å². The molecule has 2 aromatic carbocycles. The minimum absolute atomic E-state index is 0.150. The number of amides is 2. The highest BCUT2D eigenvalue weighted by atomic mass is 19.1. The maximum atomic E-state index is 13.1. The van der Waals surface area contributed by atoms with Gasteiger partial charge in [-0.2, -0.15) is 0 Å². The molecule has 116 valence electrons. The van der Waals surface area contributed by atoms with Gasteiger partial charge in [0.1, 0.15) is 11.9 Å². The Balaban J connectivity index is 2.14. The van der Waals surface area contributed by atoms with E-state index < -0.39 is 29.6 Å². The lowest BCUT2D eigenvalue weighted by Crippen LogP contribution is -2.42. The number of aliphatic carboxylic acids is 1. The number of hydrogen-bond donors (Lipinski definition) is 1. The molecule has 23 heavy (non-hydrogen) atoms. The number of carbonyl (C=O) groups excluding carboxylic acids is 2. The minimum Gasteiger partial charge on any atom is -0.480 e. The quantitative estimate of drug-likeness (QED) is 0.884. The predicted octanol–water partition coefficient (Wildman–Crippen LogP) is 2.56. The highest BCUT2D eigenvalue weighted by molar-refractivity contribution is 6.25. The summed E-state index contributed by atoms with van der Waals surface area (Å²) in [7, 11) is 0. The summed E-state index contributed by atoms with van der Waals surface area (Å²) in [5.41, 5.74) is 1.36. The zero-order valence-electron chi connectivity index (χ0n) is 12.1. The number of hydrogen-bond acceptors (Lipinski definition) is 3. The van der Waals surface area contributed by atoms with Gasteiger partial charge < -0.3 is 5.11 Å². The average molecular weight is 313 g/mol. The maximum Gasteiger partial charge on any atom is 0.326 e. The second-order valence-electron chi connectivity index (χ2n) is 5.23. The van der Waals surface area contributed by atoms with E-state index in [0.29, 0.717) is 11.1 Å². The lowest BCUT2D eigenvalue weighted by molar-refractivity contribution is -0.140. The van der Waals surface area contributed by atoms with Crippen molar-refractivity contribution < 1.29 is 23.9 Å². The van der Waals surface area contributed by atoms with E-state index in [4.69, 9.17) is 5.11 Å². The van der Waals surface area contributed by atoms with Crippen LogP contribution in [0, 0.1) is 5.82 Å². The Kier molecular flexibility index (Phi) is 3.44. The lowest BCUT2D eigenvalue weighted by Gasteiger charge is -2.18. The molecule has 2 amide bonds. The monoisotopic (exact) mass is 313 g/mol. The zero-order chi connectivity index (χ0) is 16.7. The van der Waals surface area contributed by atoms with Crippen molar-refractivity contribution >= 4 is 17.8 Å². The number of nitrogens with zero attached hydrogens (tertiary/aromatic N) is 1. The first kappa shape index (κ1) is 14.9. The summed E-state index contributed by atoms with van der Waals surface area (Å²) in [6.45, 7) is 1.28. The summed E-state index contributed by atoms with van der Waals surface area (Å²) >= 11 is 0. The van der Waals surface area contributed by atoms with E-state index in [1.807, 2.05) is 0 Å². The number of halogens is 1. The lowest BCUT2D eigenvalue weighted by atomic mass is 9.96. The summed E-state index contributed by atoms with van der Waals surface area (Å²) in [6, 6.07) is 9.00. The number of rotatable bonds is 3. The molecule has 0 fully saturated rings. The van der Waals surface area contributed by atoms with Crippen molar-refractivity contribution in [1.82, 2.24) is 4.90 Å². The number of fused-ring (bicyclic) bond motifs is 1. The number of imide groups is 1. The second kappa shape index (κ2) is 5.31. The van der Waals surface area contributed by atoms with Gasteiger partial charge in [-0.3, -0.25) is 14.5 Å². The van der Waals surface area contributed by atoms with E-state index in [1.54, 1.807) is 12.1 Å². The molecule has 2 aromatic rings. The topological polar surface area (TPSA) is 74.7 Å². The highest BCUT2D eigenvalue weighted by Crippen LogP contribution is 2.33. The molecule has 1 aliphatic rings. The van der Waals surface area contributed by atoms with Crippen LogP contribution in [0.5, 0.6) is 0 Å². The zero-order valence-corrected chi connectivity index (χ0v) is 12.1. The fourth-order valence-corrected chi connectivity index (χ4v) is 2.64. The fourth-order valence-electron chi connectivity index (χ4n) is 2.64. The molecule has 0 bridgehead atoms. The standard InChI is InChI=1S/C17H12FNO4/c1-9(17(22)23)19-15(20)13-4-2-3-12(14(13)16(19)21)10-5-7-11(18)8-6-10/h2-9H,1H3,(H,22,23). The SMILES string of the molecule is CC(C(=O)O)N1C(=O)c2cccc(-c3ccc(F)cc3)c2C1=O. The van der Waals surface area contributed by atoms with Crippen LogP contribution in [0.4, 0.5) is 4.39 Å². The third-order valence-electron chi connectivity index (χ3n) is 3.85. The smallest absolute Gasteiger partial charge is 0.326 e. The third kappa shape index (κ3) is 2.28.